The van der Waals surface area contributed by atoms with E-state index in [1.807, 2.05) is 39.0 Å². The number of amides is 2. The summed E-state index contributed by atoms with van der Waals surface area (Å²) in [5.41, 5.74) is 1.00. The van der Waals surface area contributed by atoms with E-state index in [-0.39, 0.29) is 36.5 Å². The highest BCUT2D eigenvalue weighted by Crippen LogP contribution is 2.22. The van der Waals surface area contributed by atoms with Gasteiger partial charge in [0.1, 0.15) is 11.8 Å². The number of nitro groups is 1. The minimum Gasteiger partial charge on any atom is -0.497 e. The summed E-state index contributed by atoms with van der Waals surface area (Å²) in [6.07, 6.45) is 1.01. The van der Waals surface area contributed by atoms with Gasteiger partial charge in [0.25, 0.3) is 5.69 Å². The summed E-state index contributed by atoms with van der Waals surface area (Å²) in [5.74, 6) is 0.0552. The molecule has 0 bridgehead atoms. The average Bonchev–Trinajstić information content (AvgIpc) is 2.79. The molecule has 0 aliphatic carbocycles. The van der Waals surface area contributed by atoms with Gasteiger partial charge in [0.15, 0.2) is 0 Å². The maximum absolute atomic E-state index is 13.4. The highest BCUT2D eigenvalue weighted by Gasteiger charge is 2.30. The Morgan fingerprint density at radius 2 is 1.84 bits per heavy atom. The van der Waals surface area contributed by atoms with Crippen molar-refractivity contribution in [2.75, 3.05) is 7.11 Å². The van der Waals surface area contributed by atoms with E-state index in [1.165, 1.54) is 11.0 Å². The molecule has 0 unspecified atom stereocenters. The van der Waals surface area contributed by atoms with E-state index in [0.717, 1.165) is 12.0 Å². The number of para-hydroxylation sites is 1. The molecule has 2 atom stereocenters. The standard InChI is InChI=1S/C24H31N3O5/c1-5-17(3)25-24(29)21(6-2)26(16-18-10-9-12-20(14-18)32-4)23(28)15-19-11-7-8-13-22(19)27(30)31/h7-14,17,21H,5-6,15-16H2,1-4H3,(H,25,29)/t17-,21-/m1/s1. The number of nitrogens with one attached hydrogen (secondary N) is 1. The summed E-state index contributed by atoms with van der Waals surface area (Å²) in [7, 11) is 1.56. The van der Waals surface area contributed by atoms with Crippen molar-refractivity contribution in [2.24, 2.45) is 0 Å². The zero-order valence-corrected chi connectivity index (χ0v) is 19.0. The van der Waals surface area contributed by atoms with Crippen molar-refractivity contribution in [3.8, 4) is 5.75 Å². The molecule has 2 aromatic rings. The Morgan fingerprint density at radius 3 is 2.47 bits per heavy atom. The summed E-state index contributed by atoms with van der Waals surface area (Å²) in [6.45, 7) is 5.91. The van der Waals surface area contributed by atoms with Crippen LogP contribution < -0.4 is 10.1 Å². The van der Waals surface area contributed by atoms with Gasteiger partial charge in [0.2, 0.25) is 11.8 Å². The molecule has 0 radical (unpaired) electrons. The number of benzene rings is 2. The average molecular weight is 442 g/mol. The molecule has 2 rings (SSSR count). The Bertz CT molecular complexity index is 947. The Balaban J connectivity index is 2.38. The van der Waals surface area contributed by atoms with E-state index in [2.05, 4.69) is 5.32 Å². The van der Waals surface area contributed by atoms with Gasteiger partial charge in [0, 0.05) is 24.2 Å². The van der Waals surface area contributed by atoms with Crippen molar-refractivity contribution in [2.45, 2.75) is 58.7 Å². The van der Waals surface area contributed by atoms with Crippen LogP contribution in [-0.2, 0) is 22.6 Å². The monoisotopic (exact) mass is 441 g/mol. The van der Waals surface area contributed by atoms with Gasteiger partial charge in [-0.2, -0.15) is 0 Å². The van der Waals surface area contributed by atoms with Crippen molar-refractivity contribution in [3.05, 3.63) is 69.8 Å². The smallest absolute Gasteiger partial charge is 0.273 e. The van der Waals surface area contributed by atoms with Crippen LogP contribution in [0.15, 0.2) is 48.5 Å². The second-order valence-electron chi connectivity index (χ2n) is 7.68. The molecule has 32 heavy (non-hydrogen) atoms. The van der Waals surface area contributed by atoms with Gasteiger partial charge in [-0.1, -0.05) is 44.2 Å². The van der Waals surface area contributed by atoms with E-state index in [0.29, 0.717) is 17.7 Å². The fourth-order valence-electron chi connectivity index (χ4n) is 3.43. The Hall–Kier alpha value is -3.42. The predicted molar refractivity (Wildman–Crippen MR) is 122 cm³/mol. The maximum Gasteiger partial charge on any atom is 0.273 e. The van der Waals surface area contributed by atoms with Crippen LogP contribution in [0.25, 0.3) is 0 Å². The van der Waals surface area contributed by atoms with Crippen LogP contribution in [0, 0.1) is 10.1 Å². The van der Waals surface area contributed by atoms with E-state index >= 15 is 0 Å². The minimum absolute atomic E-state index is 0.0273. The largest absolute Gasteiger partial charge is 0.497 e. The topological polar surface area (TPSA) is 102 Å². The van der Waals surface area contributed by atoms with Gasteiger partial charge in [0.05, 0.1) is 18.5 Å². The number of methoxy groups -OCH3 is 1. The first-order chi connectivity index (χ1) is 15.3. The summed E-state index contributed by atoms with van der Waals surface area (Å²) in [6, 6.07) is 12.7. The van der Waals surface area contributed by atoms with Gasteiger partial charge in [-0.25, -0.2) is 0 Å². The number of carbonyl (C=O) groups is 2. The van der Waals surface area contributed by atoms with E-state index in [9.17, 15) is 19.7 Å². The van der Waals surface area contributed by atoms with Gasteiger partial charge < -0.3 is 15.0 Å². The molecule has 0 fully saturated rings. The number of hydrogen-bond donors (Lipinski definition) is 1. The second kappa shape index (κ2) is 11.8. The van der Waals surface area contributed by atoms with Crippen LogP contribution in [0.5, 0.6) is 5.75 Å². The number of rotatable bonds is 11. The number of ether oxygens (including phenoxy) is 1. The van der Waals surface area contributed by atoms with E-state index in [1.54, 1.807) is 31.4 Å². The van der Waals surface area contributed by atoms with Gasteiger partial charge >= 0.3 is 0 Å². The Morgan fingerprint density at radius 1 is 1.12 bits per heavy atom. The molecule has 0 aromatic heterocycles. The predicted octanol–water partition coefficient (Wildman–Crippen LogP) is 3.87. The molecule has 1 N–H and O–H groups in total. The number of nitro benzene ring substituents is 1. The Kier molecular flexibility index (Phi) is 9.19. The van der Waals surface area contributed by atoms with Crippen molar-refractivity contribution in [3.63, 3.8) is 0 Å². The number of hydrogen-bond acceptors (Lipinski definition) is 5. The molecule has 0 aliphatic rings. The molecule has 0 aliphatic heterocycles. The SMILES string of the molecule is CC[C@@H](C)NC(=O)[C@@H](CC)N(Cc1cccc(OC)c1)C(=O)Cc1ccccc1[N+](=O)[O-]. The molecule has 0 spiro atoms. The summed E-state index contributed by atoms with van der Waals surface area (Å²) >= 11 is 0. The third kappa shape index (κ3) is 6.54. The molecule has 2 amide bonds. The molecule has 8 nitrogen and oxygen atoms in total. The summed E-state index contributed by atoms with van der Waals surface area (Å²) < 4.78 is 5.28. The van der Waals surface area contributed by atoms with E-state index in [4.69, 9.17) is 4.74 Å². The lowest BCUT2D eigenvalue weighted by molar-refractivity contribution is -0.385. The van der Waals surface area contributed by atoms with Crippen LogP contribution in [0.1, 0.15) is 44.7 Å². The lowest BCUT2D eigenvalue weighted by Gasteiger charge is -2.31. The summed E-state index contributed by atoms with van der Waals surface area (Å²) in [5, 5.41) is 14.3. The highest BCUT2D eigenvalue weighted by molar-refractivity contribution is 5.89. The van der Waals surface area contributed by atoms with Crippen LogP contribution in [0.2, 0.25) is 0 Å². The zero-order chi connectivity index (χ0) is 23.7. The van der Waals surface area contributed by atoms with Crippen LogP contribution >= 0.6 is 0 Å². The first-order valence-corrected chi connectivity index (χ1v) is 10.8. The van der Waals surface area contributed by atoms with Gasteiger partial charge in [-0.3, -0.25) is 19.7 Å². The van der Waals surface area contributed by atoms with Crippen molar-refractivity contribution >= 4 is 17.5 Å². The highest BCUT2D eigenvalue weighted by atomic mass is 16.6. The molecule has 172 valence electrons. The van der Waals surface area contributed by atoms with Gasteiger partial charge in [-0.05, 0) is 37.5 Å². The van der Waals surface area contributed by atoms with Crippen LogP contribution in [0.4, 0.5) is 5.69 Å². The molecule has 0 heterocycles. The molecule has 0 saturated carbocycles. The van der Waals surface area contributed by atoms with Crippen LogP contribution in [-0.4, -0.2) is 40.8 Å². The first kappa shape index (κ1) is 24.8. The third-order valence-corrected chi connectivity index (χ3v) is 5.40. The number of carbonyl (C=O) groups excluding carboxylic acids is 2. The molecule has 2 aromatic carbocycles. The zero-order valence-electron chi connectivity index (χ0n) is 19.0. The van der Waals surface area contributed by atoms with Crippen molar-refractivity contribution in [1.82, 2.24) is 10.2 Å². The second-order valence-corrected chi connectivity index (χ2v) is 7.68. The molecule has 8 heteroatoms. The molecular formula is C24H31N3O5. The lowest BCUT2D eigenvalue weighted by atomic mass is 10.0. The fourth-order valence-corrected chi connectivity index (χ4v) is 3.43. The number of nitrogens with zero attached hydrogens (tertiary/aromatic N) is 2. The van der Waals surface area contributed by atoms with E-state index < -0.39 is 11.0 Å². The molecule has 0 saturated heterocycles. The van der Waals surface area contributed by atoms with Gasteiger partial charge in [-0.15, -0.1) is 0 Å². The fraction of sp³-hybridized carbons (Fsp3) is 0.417. The minimum atomic E-state index is -0.703. The first-order valence-electron chi connectivity index (χ1n) is 10.8. The summed E-state index contributed by atoms with van der Waals surface area (Å²) in [4.78, 5) is 38.8. The van der Waals surface area contributed by atoms with Crippen molar-refractivity contribution < 1.29 is 19.2 Å². The van der Waals surface area contributed by atoms with Crippen LogP contribution in [0.3, 0.4) is 0 Å². The van der Waals surface area contributed by atoms with Crippen molar-refractivity contribution in [1.29, 1.82) is 0 Å². The Labute approximate surface area is 188 Å². The maximum atomic E-state index is 13.4. The molecular weight excluding hydrogens is 410 g/mol. The normalized spacial score (nSPS) is 12.5. The third-order valence-electron chi connectivity index (χ3n) is 5.40. The quantitative estimate of drug-likeness (QED) is 0.421. The lowest BCUT2D eigenvalue weighted by Crippen LogP contribution is -2.51.